The van der Waals surface area contributed by atoms with Crippen molar-refractivity contribution in [2.45, 2.75) is 251 Å². The van der Waals surface area contributed by atoms with E-state index in [0.29, 0.717) is 19.5 Å². The number of carbonyl (C=O) groups is 2. The molecule has 3 amide bonds. The van der Waals surface area contributed by atoms with Gasteiger partial charge in [-0.25, -0.2) is 4.79 Å². The Labute approximate surface area is 338 Å². The van der Waals surface area contributed by atoms with Crippen LogP contribution in [0.3, 0.4) is 0 Å². The Balaban J connectivity index is 2.67. The normalized spacial score (nSPS) is 20.5. The summed E-state index contributed by atoms with van der Waals surface area (Å²) < 4.78 is 6.12. The molecular weight excluding hydrogens is 693 g/mol. The second kappa shape index (κ2) is 34.6. The van der Waals surface area contributed by atoms with Gasteiger partial charge in [-0.15, -0.1) is 0 Å². The number of unbranched alkanes of at least 4 members (excludes halogenated alkanes) is 26. The van der Waals surface area contributed by atoms with Crippen molar-refractivity contribution in [3.05, 3.63) is 0 Å². The lowest BCUT2D eigenvalue weighted by molar-refractivity contribution is -0.224. The Bertz CT molecular complexity index is 911. The molecular formula is C45H90N4O6. The van der Waals surface area contributed by atoms with E-state index in [1.54, 1.807) is 4.90 Å². The first-order chi connectivity index (χ1) is 26.7. The minimum atomic E-state index is -1.46. The zero-order chi connectivity index (χ0) is 40.5. The number of carbonyl (C=O) groups excluding carboxylic acids is 2. The van der Waals surface area contributed by atoms with Gasteiger partial charge in [0.1, 0.15) is 24.4 Å². The van der Waals surface area contributed by atoms with Crippen molar-refractivity contribution in [3.63, 3.8) is 0 Å². The Morgan fingerprint density at radius 2 is 1.04 bits per heavy atom. The molecule has 0 aromatic carbocycles. The van der Waals surface area contributed by atoms with Crippen molar-refractivity contribution in [2.24, 2.45) is 11.7 Å². The van der Waals surface area contributed by atoms with Gasteiger partial charge in [0, 0.05) is 13.1 Å². The van der Waals surface area contributed by atoms with Crippen molar-refractivity contribution in [3.8, 4) is 0 Å². The average Bonchev–Trinajstić information content (AvgIpc) is 3.16. The molecule has 1 heterocycles. The fourth-order valence-electron chi connectivity index (χ4n) is 7.84. The maximum atomic E-state index is 13.8. The first-order valence-corrected chi connectivity index (χ1v) is 23.4. The summed E-state index contributed by atoms with van der Waals surface area (Å²) in [6.07, 6.45) is 30.2. The highest BCUT2D eigenvalue weighted by Crippen LogP contribution is 2.25. The third kappa shape index (κ3) is 24.8. The molecule has 0 radical (unpaired) electrons. The maximum absolute atomic E-state index is 13.8. The largest absolute Gasteiger partial charge is 0.394 e. The molecule has 10 nitrogen and oxygen atoms in total. The number of nitrogens with two attached hydrogens (primary N) is 1. The van der Waals surface area contributed by atoms with Crippen molar-refractivity contribution >= 4 is 11.9 Å². The van der Waals surface area contributed by atoms with Crippen molar-refractivity contribution < 1.29 is 29.6 Å². The number of nitrogens with zero attached hydrogens (tertiary/aromatic N) is 1. The second-order valence-electron chi connectivity index (χ2n) is 17.1. The van der Waals surface area contributed by atoms with Gasteiger partial charge >= 0.3 is 6.03 Å². The second-order valence-corrected chi connectivity index (χ2v) is 17.1. The maximum Gasteiger partial charge on any atom is 0.319 e. The predicted molar refractivity (Wildman–Crippen MR) is 228 cm³/mol. The van der Waals surface area contributed by atoms with Crippen LogP contribution < -0.4 is 16.4 Å². The SMILES string of the molecule is CCCCCCCCCCCCCCCCCCN(C(=O)NCCCCCCCCCCCCCC)[C@@H]1O[C@H](CO)[C@@H](O)[C@H](O)[C@H]1NC(=O)[C@@H](N)CC(C)C. The van der Waals surface area contributed by atoms with Crippen LogP contribution in [0, 0.1) is 5.92 Å². The van der Waals surface area contributed by atoms with E-state index >= 15 is 0 Å². The van der Waals surface area contributed by atoms with Gasteiger partial charge in [-0.3, -0.25) is 9.69 Å². The quantitative estimate of drug-likeness (QED) is 0.0346. The van der Waals surface area contributed by atoms with E-state index in [1.807, 2.05) is 13.8 Å². The number of ether oxygens (including phenoxy) is 1. The number of aliphatic hydroxyl groups excluding tert-OH is 3. The highest BCUT2D eigenvalue weighted by atomic mass is 16.5. The number of nitrogens with one attached hydrogen (secondary N) is 2. The predicted octanol–water partition coefficient (Wildman–Crippen LogP) is 9.26. The minimum absolute atomic E-state index is 0.186. The van der Waals surface area contributed by atoms with Crippen LogP contribution >= 0.6 is 0 Å². The van der Waals surface area contributed by atoms with Gasteiger partial charge in [0.15, 0.2) is 6.23 Å². The summed E-state index contributed by atoms with van der Waals surface area (Å²) in [6, 6.07) is -2.25. The summed E-state index contributed by atoms with van der Waals surface area (Å²) in [5.41, 5.74) is 6.18. The van der Waals surface area contributed by atoms with Gasteiger partial charge in [-0.2, -0.15) is 0 Å². The molecule has 0 unspecified atom stereocenters. The lowest BCUT2D eigenvalue weighted by Crippen LogP contribution is -2.70. The smallest absolute Gasteiger partial charge is 0.319 e. The summed E-state index contributed by atoms with van der Waals surface area (Å²) in [4.78, 5) is 28.5. The summed E-state index contributed by atoms with van der Waals surface area (Å²) in [5, 5.41) is 37.9. The van der Waals surface area contributed by atoms with Crippen LogP contribution in [0.4, 0.5) is 4.79 Å². The Morgan fingerprint density at radius 3 is 1.44 bits per heavy atom. The molecule has 1 aliphatic rings. The monoisotopic (exact) mass is 783 g/mol. The lowest BCUT2D eigenvalue weighted by Gasteiger charge is -2.47. The van der Waals surface area contributed by atoms with Gasteiger partial charge in [-0.05, 0) is 25.2 Å². The Kier molecular flexibility index (Phi) is 32.4. The summed E-state index contributed by atoms with van der Waals surface area (Å²) in [5.74, 6) is -0.286. The standard InChI is InChI=1S/C45H90N4O6/c1-5-7-9-11-13-15-17-19-20-21-22-24-26-28-30-32-34-49(45(54)47-33-31-29-27-25-23-18-16-14-12-10-8-6-2)44-40(42(52)41(51)39(36-50)55-44)48-43(53)38(46)35-37(3)4/h37-42,44,50-52H,5-36,46H2,1-4H3,(H,47,54)(H,48,53)/t38-,39+,40+,41+,42+,44+/m0/s1. The van der Waals surface area contributed by atoms with Crippen molar-refractivity contribution in [1.82, 2.24) is 15.5 Å². The van der Waals surface area contributed by atoms with E-state index in [9.17, 15) is 24.9 Å². The zero-order valence-corrected chi connectivity index (χ0v) is 36.3. The van der Waals surface area contributed by atoms with Crippen LogP contribution in [0.1, 0.15) is 214 Å². The van der Waals surface area contributed by atoms with E-state index in [1.165, 1.54) is 135 Å². The van der Waals surface area contributed by atoms with Crippen LogP contribution in [0.5, 0.6) is 0 Å². The average molecular weight is 783 g/mol. The number of hydrogen-bond donors (Lipinski definition) is 6. The molecule has 0 saturated carbocycles. The van der Waals surface area contributed by atoms with E-state index < -0.39 is 49.1 Å². The van der Waals surface area contributed by atoms with Crippen LogP contribution in [0.25, 0.3) is 0 Å². The molecule has 0 aromatic rings. The number of rotatable bonds is 36. The third-order valence-electron chi connectivity index (χ3n) is 11.4. The first-order valence-electron chi connectivity index (χ1n) is 23.4. The Hall–Kier alpha value is -1.46. The highest BCUT2D eigenvalue weighted by molar-refractivity contribution is 5.82. The topological polar surface area (TPSA) is 157 Å². The van der Waals surface area contributed by atoms with Gasteiger partial charge in [0.05, 0.1) is 12.6 Å². The molecule has 0 aromatic heterocycles. The highest BCUT2D eigenvalue weighted by Gasteiger charge is 2.48. The summed E-state index contributed by atoms with van der Waals surface area (Å²) in [6.45, 7) is 8.82. The van der Waals surface area contributed by atoms with Gasteiger partial charge in [0.2, 0.25) is 5.91 Å². The molecule has 1 saturated heterocycles. The first kappa shape index (κ1) is 51.6. The molecule has 0 spiro atoms. The van der Waals surface area contributed by atoms with E-state index in [2.05, 4.69) is 24.5 Å². The molecule has 1 aliphatic heterocycles. The summed E-state index contributed by atoms with van der Waals surface area (Å²) in [7, 11) is 0. The van der Waals surface area contributed by atoms with E-state index in [-0.39, 0.29) is 11.9 Å². The molecule has 7 N–H and O–H groups in total. The molecule has 326 valence electrons. The van der Waals surface area contributed by atoms with Crippen LogP contribution in [-0.4, -0.2) is 88.5 Å². The number of aliphatic hydroxyl groups is 3. The van der Waals surface area contributed by atoms with Crippen LogP contribution in [0.2, 0.25) is 0 Å². The van der Waals surface area contributed by atoms with Gasteiger partial charge in [0.25, 0.3) is 0 Å². The number of amides is 3. The molecule has 6 atom stereocenters. The van der Waals surface area contributed by atoms with E-state index in [4.69, 9.17) is 10.5 Å². The molecule has 1 fully saturated rings. The van der Waals surface area contributed by atoms with Crippen LogP contribution in [0.15, 0.2) is 0 Å². The number of urea groups is 1. The molecule has 0 bridgehead atoms. The van der Waals surface area contributed by atoms with Gasteiger partial charge < -0.3 is 36.4 Å². The molecule has 55 heavy (non-hydrogen) atoms. The minimum Gasteiger partial charge on any atom is -0.394 e. The van der Waals surface area contributed by atoms with Crippen molar-refractivity contribution in [1.29, 1.82) is 0 Å². The lowest BCUT2D eigenvalue weighted by atomic mass is 9.94. The number of hydrogen-bond acceptors (Lipinski definition) is 7. The van der Waals surface area contributed by atoms with E-state index in [0.717, 1.165) is 44.9 Å². The molecule has 10 heteroatoms. The van der Waals surface area contributed by atoms with Crippen molar-refractivity contribution in [2.75, 3.05) is 19.7 Å². The summed E-state index contributed by atoms with van der Waals surface area (Å²) >= 11 is 0. The molecule has 1 rings (SSSR count). The Morgan fingerprint density at radius 1 is 0.636 bits per heavy atom. The third-order valence-corrected chi connectivity index (χ3v) is 11.4. The fourth-order valence-corrected chi connectivity index (χ4v) is 7.84. The van der Waals surface area contributed by atoms with Gasteiger partial charge in [-0.1, -0.05) is 195 Å². The zero-order valence-electron chi connectivity index (χ0n) is 36.3. The van der Waals surface area contributed by atoms with Crippen LogP contribution in [-0.2, 0) is 9.53 Å². The molecule has 0 aliphatic carbocycles. The fraction of sp³-hybridized carbons (Fsp3) is 0.956.